The Morgan fingerprint density at radius 2 is 1.68 bits per heavy atom. The third-order valence-corrected chi connectivity index (χ3v) is 4.18. The Morgan fingerprint density at radius 3 is 2.45 bits per heavy atom. The predicted molar refractivity (Wildman–Crippen MR) is 121 cm³/mol. The highest BCUT2D eigenvalue weighted by molar-refractivity contribution is 5.59. The maximum atomic E-state index is 6.12. The van der Waals surface area contributed by atoms with Gasteiger partial charge in [0.2, 0.25) is 11.9 Å². The van der Waals surface area contributed by atoms with Crippen LogP contribution in [-0.2, 0) is 0 Å². The highest BCUT2D eigenvalue weighted by Crippen LogP contribution is 2.23. The van der Waals surface area contributed by atoms with Crippen molar-refractivity contribution in [2.24, 2.45) is 0 Å². The van der Waals surface area contributed by atoms with Crippen molar-refractivity contribution in [3.8, 4) is 11.6 Å². The molecule has 0 spiro atoms. The molecule has 4 aromatic rings. The van der Waals surface area contributed by atoms with E-state index < -0.39 is 0 Å². The van der Waals surface area contributed by atoms with Gasteiger partial charge in [-0.05, 0) is 45.0 Å². The van der Waals surface area contributed by atoms with E-state index in [1.165, 1.54) is 4.68 Å². The van der Waals surface area contributed by atoms with Crippen LogP contribution in [0.4, 0.5) is 29.1 Å². The second-order valence-electron chi connectivity index (χ2n) is 7.17. The monoisotopic (exact) mass is 416 g/mol. The second-order valence-corrected chi connectivity index (χ2v) is 7.17. The SMILES string of the molecule is Cc1nc(Nc2ccccc2)cc(-n2nc(Nc3cccc(OC(C)C)c3)nc2N)n1. The van der Waals surface area contributed by atoms with Crippen LogP contribution in [0, 0.1) is 6.92 Å². The van der Waals surface area contributed by atoms with E-state index in [-0.39, 0.29) is 12.1 Å². The Hall–Kier alpha value is -4.14. The number of rotatable bonds is 7. The third-order valence-electron chi connectivity index (χ3n) is 4.18. The number of nitrogens with two attached hydrogens (primary N) is 1. The van der Waals surface area contributed by atoms with E-state index in [9.17, 15) is 0 Å². The van der Waals surface area contributed by atoms with Crippen LogP contribution < -0.4 is 21.1 Å². The number of aromatic nitrogens is 5. The van der Waals surface area contributed by atoms with Gasteiger partial charge in [0.25, 0.3) is 0 Å². The summed E-state index contributed by atoms with van der Waals surface area (Å²) >= 11 is 0. The molecule has 0 aliphatic heterocycles. The summed E-state index contributed by atoms with van der Waals surface area (Å²) in [5.41, 5.74) is 7.83. The van der Waals surface area contributed by atoms with Gasteiger partial charge in [-0.2, -0.15) is 9.67 Å². The van der Waals surface area contributed by atoms with Crippen molar-refractivity contribution in [2.45, 2.75) is 26.9 Å². The highest BCUT2D eigenvalue weighted by atomic mass is 16.5. The summed E-state index contributed by atoms with van der Waals surface area (Å²) in [6.45, 7) is 5.77. The topological polar surface area (TPSA) is 116 Å². The van der Waals surface area contributed by atoms with Crippen molar-refractivity contribution < 1.29 is 4.74 Å². The van der Waals surface area contributed by atoms with Gasteiger partial charge >= 0.3 is 0 Å². The van der Waals surface area contributed by atoms with Gasteiger partial charge in [-0.1, -0.05) is 24.3 Å². The fraction of sp³-hybridized carbons (Fsp3) is 0.182. The molecule has 0 saturated carbocycles. The number of hydrogen-bond acceptors (Lipinski definition) is 8. The van der Waals surface area contributed by atoms with Crippen LogP contribution >= 0.6 is 0 Å². The molecule has 158 valence electrons. The van der Waals surface area contributed by atoms with Gasteiger partial charge in [-0.15, -0.1) is 5.10 Å². The van der Waals surface area contributed by atoms with E-state index in [1.54, 1.807) is 6.07 Å². The summed E-state index contributed by atoms with van der Waals surface area (Å²) in [6, 6.07) is 19.1. The lowest BCUT2D eigenvalue weighted by atomic mass is 10.3. The molecule has 0 bridgehead atoms. The second kappa shape index (κ2) is 8.70. The molecule has 0 amide bonds. The van der Waals surface area contributed by atoms with Crippen LogP contribution in [-0.4, -0.2) is 30.8 Å². The van der Waals surface area contributed by atoms with Crippen LogP contribution in [0.1, 0.15) is 19.7 Å². The number of nitrogen functional groups attached to an aromatic ring is 1. The molecule has 0 aliphatic carbocycles. The quantitative estimate of drug-likeness (QED) is 0.410. The van der Waals surface area contributed by atoms with Gasteiger partial charge in [0.15, 0.2) is 5.82 Å². The predicted octanol–water partition coefficient (Wildman–Crippen LogP) is 4.22. The summed E-state index contributed by atoms with van der Waals surface area (Å²) in [7, 11) is 0. The molecular formula is C22H24N8O. The molecule has 0 saturated heterocycles. The smallest absolute Gasteiger partial charge is 0.248 e. The zero-order valence-corrected chi connectivity index (χ0v) is 17.6. The Bertz CT molecular complexity index is 1170. The van der Waals surface area contributed by atoms with Gasteiger partial charge < -0.3 is 21.1 Å². The molecule has 2 aromatic carbocycles. The van der Waals surface area contributed by atoms with E-state index in [2.05, 4.69) is 30.7 Å². The Morgan fingerprint density at radius 1 is 0.903 bits per heavy atom. The lowest BCUT2D eigenvalue weighted by Crippen LogP contribution is -2.08. The van der Waals surface area contributed by atoms with Crippen LogP contribution in [0.2, 0.25) is 0 Å². The standard InChI is InChI=1S/C22H24N8O/c1-14(2)31-18-11-7-10-17(12-18)27-22-28-21(23)30(29-22)20-13-19(24-15(3)25-20)26-16-8-5-4-6-9-16/h4-14H,1-3H3,(H,24,25,26)(H3,23,27,28,29). The molecule has 9 nitrogen and oxygen atoms in total. The minimum atomic E-state index is 0.0860. The lowest BCUT2D eigenvalue weighted by molar-refractivity contribution is 0.242. The van der Waals surface area contributed by atoms with Crippen molar-refractivity contribution in [3.63, 3.8) is 0 Å². The lowest BCUT2D eigenvalue weighted by Gasteiger charge is -2.10. The van der Waals surface area contributed by atoms with Gasteiger partial charge in [0.1, 0.15) is 17.4 Å². The van der Waals surface area contributed by atoms with Gasteiger partial charge in [-0.25, -0.2) is 9.97 Å². The van der Waals surface area contributed by atoms with Crippen molar-refractivity contribution in [3.05, 3.63) is 66.5 Å². The minimum Gasteiger partial charge on any atom is -0.491 e. The number of benzene rings is 2. The highest BCUT2D eigenvalue weighted by Gasteiger charge is 2.13. The summed E-state index contributed by atoms with van der Waals surface area (Å²) in [4.78, 5) is 13.2. The number of hydrogen-bond donors (Lipinski definition) is 3. The van der Waals surface area contributed by atoms with E-state index in [4.69, 9.17) is 10.5 Å². The molecule has 9 heteroatoms. The summed E-state index contributed by atoms with van der Waals surface area (Å²) in [6.07, 6.45) is 0.0860. The number of nitrogens with zero attached hydrogens (tertiary/aromatic N) is 5. The molecule has 0 radical (unpaired) electrons. The molecule has 4 rings (SSSR count). The maximum absolute atomic E-state index is 6.12. The summed E-state index contributed by atoms with van der Waals surface area (Å²) in [5, 5.41) is 10.9. The first-order valence-corrected chi connectivity index (χ1v) is 9.91. The van der Waals surface area contributed by atoms with Crippen molar-refractivity contribution >= 4 is 29.1 Å². The normalized spacial score (nSPS) is 10.8. The number of para-hydroxylation sites is 1. The maximum Gasteiger partial charge on any atom is 0.248 e. The van der Waals surface area contributed by atoms with E-state index in [0.717, 1.165) is 17.1 Å². The Labute approximate surface area is 180 Å². The van der Waals surface area contributed by atoms with Gasteiger partial charge in [-0.3, -0.25) is 0 Å². The first kappa shape index (κ1) is 20.1. The third kappa shape index (κ3) is 5.08. The van der Waals surface area contributed by atoms with Crippen molar-refractivity contribution in [1.29, 1.82) is 0 Å². The van der Waals surface area contributed by atoms with Crippen molar-refractivity contribution in [1.82, 2.24) is 24.7 Å². The largest absolute Gasteiger partial charge is 0.491 e. The van der Waals surface area contributed by atoms with Crippen LogP contribution in [0.25, 0.3) is 5.82 Å². The minimum absolute atomic E-state index is 0.0860. The Kier molecular flexibility index (Phi) is 5.65. The molecule has 2 aromatic heterocycles. The number of ether oxygens (including phenoxy) is 1. The van der Waals surface area contributed by atoms with Crippen LogP contribution in [0.3, 0.4) is 0 Å². The fourth-order valence-electron chi connectivity index (χ4n) is 2.99. The zero-order valence-electron chi connectivity index (χ0n) is 17.6. The first-order chi connectivity index (χ1) is 15.0. The number of anilines is 5. The summed E-state index contributed by atoms with van der Waals surface area (Å²) in [5.74, 6) is 3.06. The molecule has 4 N–H and O–H groups in total. The number of aryl methyl sites for hydroxylation is 1. The van der Waals surface area contributed by atoms with E-state index in [0.29, 0.717) is 23.4 Å². The van der Waals surface area contributed by atoms with E-state index in [1.807, 2.05) is 75.4 Å². The molecule has 0 fully saturated rings. The molecule has 0 atom stereocenters. The molecule has 0 aliphatic rings. The molecular weight excluding hydrogens is 392 g/mol. The van der Waals surface area contributed by atoms with Crippen LogP contribution in [0.5, 0.6) is 5.75 Å². The van der Waals surface area contributed by atoms with E-state index >= 15 is 0 Å². The number of nitrogens with one attached hydrogen (secondary N) is 2. The first-order valence-electron chi connectivity index (χ1n) is 9.91. The van der Waals surface area contributed by atoms with Crippen molar-refractivity contribution in [2.75, 3.05) is 16.4 Å². The summed E-state index contributed by atoms with van der Waals surface area (Å²) < 4.78 is 7.21. The van der Waals surface area contributed by atoms with Gasteiger partial charge in [0.05, 0.1) is 6.10 Å². The molecule has 0 unspecified atom stereocenters. The average Bonchev–Trinajstić information content (AvgIpc) is 3.08. The zero-order chi connectivity index (χ0) is 21.8. The fourth-order valence-corrected chi connectivity index (χ4v) is 2.99. The Balaban J connectivity index is 1.58. The molecule has 31 heavy (non-hydrogen) atoms. The van der Waals surface area contributed by atoms with Crippen LogP contribution in [0.15, 0.2) is 60.7 Å². The van der Waals surface area contributed by atoms with Gasteiger partial charge in [0, 0.05) is 23.5 Å². The molecule has 2 heterocycles. The average molecular weight is 416 g/mol.